The van der Waals surface area contributed by atoms with Gasteiger partial charge in [-0.05, 0) is 85.2 Å². The van der Waals surface area contributed by atoms with E-state index < -0.39 is 24.9 Å². The van der Waals surface area contributed by atoms with E-state index in [9.17, 15) is 24.3 Å². The Kier molecular flexibility index (Phi) is 10.2. The molecule has 10 nitrogen and oxygen atoms in total. The molecule has 7 N–H and O–H groups in total. The van der Waals surface area contributed by atoms with Crippen molar-refractivity contribution in [2.75, 3.05) is 13.2 Å². The SMILES string of the molecule is CC(N)(CO)CO.Cc1cc(O)c(C(C)C)cc1C1(c2cc(C(C)C)c(OP(=O)(O)O)cc2C)OC(=O)c2ccccc21. The normalized spacial score (nSPS) is 16.6. The average Bonchev–Trinajstić information content (AvgIpc) is 3.20. The number of rotatable bonds is 8. The number of cyclic esters (lactones) is 1. The lowest BCUT2D eigenvalue weighted by Gasteiger charge is -2.34. The van der Waals surface area contributed by atoms with Crippen molar-refractivity contribution in [3.8, 4) is 11.5 Å². The molecule has 1 heterocycles. The predicted octanol–water partition coefficient (Wildman–Crippen LogP) is 4.88. The van der Waals surface area contributed by atoms with Crippen LogP contribution in [0.3, 0.4) is 0 Å². The molecule has 0 bridgehead atoms. The lowest BCUT2D eigenvalue weighted by Crippen LogP contribution is -2.43. The van der Waals surface area contributed by atoms with Crippen LogP contribution in [0.5, 0.6) is 11.5 Å². The van der Waals surface area contributed by atoms with Gasteiger partial charge >= 0.3 is 13.8 Å². The number of phenolic OH excluding ortho intramolecular Hbond substituents is 1. The number of benzene rings is 3. The van der Waals surface area contributed by atoms with E-state index in [-0.39, 0.29) is 36.5 Å². The first-order valence-electron chi connectivity index (χ1n) is 14.0. The second-order valence-corrected chi connectivity index (χ2v) is 13.1. The Morgan fingerprint density at radius 1 is 0.907 bits per heavy atom. The minimum absolute atomic E-state index is 0.0140. The van der Waals surface area contributed by atoms with E-state index in [0.29, 0.717) is 33.4 Å². The van der Waals surface area contributed by atoms with Crippen LogP contribution in [-0.4, -0.2) is 49.8 Å². The van der Waals surface area contributed by atoms with Crippen LogP contribution in [0.2, 0.25) is 0 Å². The summed E-state index contributed by atoms with van der Waals surface area (Å²) >= 11 is 0. The maximum absolute atomic E-state index is 13.2. The van der Waals surface area contributed by atoms with E-state index >= 15 is 0 Å². The number of phosphoric ester groups is 1. The topological polar surface area (TPSA) is 180 Å². The van der Waals surface area contributed by atoms with Crippen molar-refractivity contribution in [1.29, 1.82) is 0 Å². The number of hydrogen-bond donors (Lipinski definition) is 6. The molecule has 3 aromatic rings. The van der Waals surface area contributed by atoms with Crippen LogP contribution in [0, 0.1) is 13.8 Å². The third-order valence-electron chi connectivity index (χ3n) is 7.44. The fraction of sp³-hybridized carbons (Fsp3) is 0.406. The fourth-order valence-corrected chi connectivity index (χ4v) is 5.51. The molecule has 4 rings (SSSR count). The van der Waals surface area contributed by atoms with Gasteiger partial charge in [-0.25, -0.2) is 9.36 Å². The minimum Gasteiger partial charge on any atom is -0.508 e. The lowest BCUT2D eigenvalue weighted by atomic mass is 9.74. The molecule has 0 saturated carbocycles. The van der Waals surface area contributed by atoms with Crippen LogP contribution in [-0.2, 0) is 14.9 Å². The highest BCUT2D eigenvalue weighted by molar-refractivity contribution is 7.46. The van der Waals surface area contributed by atoms with Crippen molar-refractivity contribution in [3.63, 3.8) is 0 Å². The highest BCUT2D eigenvalue weighted by atomic mass is 31.2. The molecule has 0 aromatic heterocycles. The Bertz CT molecular complexity index is 1540. The highest BCUT2D eigenvalue weighted by Crippen LogP contribution is 2.52. The molecule has 0 saturated heterocycles. The van der Waals surface area contributed by atoms with Crippen LogP contribution in [0.1, 0.15) is 95.8 Å². The number of carbonyl (C=O) groups is 1. The van der Waals surface area contributed by atoms with E-state index in [1.807, 2.05) is 58.9 Å². The van der Waals surface area contributed by atoms with Crippen molar-refractivity contribution in [2.24, 2.45) is 5.73 Å². The number of fused-ring (bicyclic) bond motifs is 1. The summed E-state index contributed by atoms with van der Waals surface area (Å²) in [7, 11) is -4.80. The van der Waals surface area contributed by atoms with Crippen molar-refractivity contribution in [2.45, 2.75) is 71.4 Å². The van der Waals surface area contributed by atoms with Gasteiger partial charge in [0.2, 0.25) is 0 Å². The third-order valence-corrected chi connectivity index (χ3v) is 7.88. The van der Waals surface area contributed by atoms with Crippen LogP contribution >= 0.6 is 7.82 Å². The molecule has 0 radical (unpaired) electrons. The zero-order chi connectivity index (χ0) is 32.5. The third kappa shape index (κ3) is 7.12. The van der Waals surface area contributed by atoms with Gasteiger partial charge < -0.3 is 30.3 Å². The summed E-state index contributed by atoms with van der Waals surface area (Å²) in [6, 6.07) is 14.2. The fourth-order valence-electron chi connectivity index (χ4n) is 5.10. The number of aliphatic hydroxyl groups is 2. The van der Waals surface area contributed by atoms with Gasteiger partial charge in [0.25, 0.3) is 0 Å². The minimum atomic E-state index is -4.80. The number of phenols is 1. The molecular weight excluding hydrogens is 573 g/mol. The lowest BCUT2D eigenvalue weighted by molar-refractivity contribution is 0.0247. The summed E-state index contributed by atoms with van der Waals surface area (Å²) in [6.07, 6.45) is 0. The Balaban J connectivity index is 0.000000646. The number of ether oxygens (including phenoxy) is 1. The largest absolute Gasteiger partial charge is 0.524 e. The van der Waals surface area contributed by atoms with Crippen molar-refractivity contribution < 1.29 is 43.7 Å². The Morgan fingerprint density at radius 3 is 1.91 bits per heavy atom. The van der Waals surface area contributed by atoms with E-state index in [1.165, 1.54) is 0 Å². The van der Waals surface area contributed by atoms with Crippen LogP contribution in [0.15, 0.2) is 48.5 Å². The number of aromatic hydroxyl groups is 1. The number of aryl methyl sites for hydroxylation is 2. The second-order valence-electron chi connectivity index (χ2n) is 11.9. The Hall–Kier alpha value is -3.24. The molecular formula is C32H42NO9P. The van der Waals surface area contributed by atoms with E-state index in [2.05, 4.69) is 0 Å². The molecule has 1 atom stereocenters. The zero-order valence-corrected chi connectivity index (χ0v) is 26.5. The summed E-state index contributed by atoms with van der Waals surface area (Å²) in [5, 5.41) is 27.3. The van der Waals surface area contributed by atoms with Crippen molar-refractivity contribution in [3.05, 3.63) is 93.0 Å². The van der Waals surface area contributed by atoms with Gasteiger partial charge in [-0.2, -0.15) is 0 Å². The summed E-state index contributed by atoms with van der Waals surface area (Å²) in [4.78, 5) is 32.2. The van der Waals surface area contributed by atoms with E-state index in [1.54, 1.807) is 38.1 Å². The van der Waals surface area contributed by atoms with Gasteiger partial charge in [0.05, 0.1) is 24.3 Å². The summed E-state index contributed by atoms with van der Waals surface area (Å²) < 4.78 is 23.0. The molecule has 0 aliphatic carbocycles. The molecule has 1 unspecified atom stereocenters. The standard InChI is InChI=1S/C28H31O7P.C4H11NO2/c1-15(2)20-13-23(17(5)11-25(20)29)28(22-10-8-7-9-19(22)27(30)34-28)24-14-21(16(3)4)26(12-18(24)6)35-36(31,32)33;1-4(5,2-6)3-7/h7-16,29H,1-6H3,(H2,31,32,33);6-7H,2-3,5H2,1H3. The smallest absolute Gasteiger partial charge is 0.508 e. The molecule has 234 valence electrons. The molecule has 1 aliphatic rings. The Labute approximate surface area is 252 Å². The molecule has 0 amide bonds. The highest BCUT2D eigenvalue weighted by Gasteiger charge is 2.50. The molecule has 43 heavy (non-hydrogen) atoms. The number of carbonyl (C=O) groups excluding carboxylic acids is 1. The van der Waals surface area contributed by atoms with Crippen LogP contribution < -0.4 is 10.3 Å². The maximum Gasteiger partial charge on any atom is 0.524 e. The number of phosphoric acid groups is 1. The number of hydrogen-bond acceptors (Lipinski definition) is 8. The molecule has 3 aromatic carbocycles. The van der Waals surface area contributed by atoms with Crippen molar-refractivity contribution >= 4 is 13.8 Å². The predicted molar refractivity (Wildman–Crippen MR) is 163 cm³/mol. The van der Waals surface area contributed by atoms with Gasteiger partial charge in [0.15, 0.2) is 5.60 Å². The zero-order valence-electron chi connectivity index (χ0n) is 25.6. The summed E-state index contributed by atoms with van der Waals surface area (Å²) in [5.41, 5.74) is 8.22. The van der Waals surface area contributed by atoms with Crippen LogP contribution in [0.4, 0.5) is 0 Å². The van der Waals surface area contributed by atoms with Gasteiger partial charge in [-0.15, -0.1) is 0 Å². The summed E-state index contributed by atoms with van der Waals surface area (Å²) in [6.45, 7) is 12.6. The van der Waals surface area contributed by atoms with E-state index in [0.717, 1.165) is 11.1 Å². The van der Waals surface area contributed by atoms with Crippen molar-refractivity contribution in [1.82, 2.24) is 0 Å². The molecule has 0 spiro atoms. The first-order chi connectivity index (χ1) is 19.9. The van der Waals surface area contributed by atoms with Gasteiger partial charge in [0.1, 0.15) is 11.5 Å². The Morgan fingerprint density at radius 2 is 1.42 bits per heavy atom. The van der Waals surface area contributed by atoms with Gasteiger partial charge in [0, 0.05) is 16.7 Å². The molecule has 0 fully saturated rings. The molecule has 1 aliphatic heterocycles. The quantitative estimate of drug-likeness (QED) is 0.151. The van der Waals surface area contributed by atoms with Gasteiger partial charge in [-0.1, -0.05) is 45.9 Å². The van der Waals surface area contributed by atoms with E-state index in [4.69, 9.17) is 25.2 Å². The number of aliphatic hydroxyl groups excluding tert-OH is 2. The first-order valence-corrected chi connectivity index (χ1v) is 15.5. The second kappa shape index (κ2) is 12.8. The summed E-state index contributed by atoms with van der Waals surface area (Å²) in [5.74, 6) is -0.352. The maximum atomic E-state index is 13.2. The average molecular weight is 616 g/mol. The first kappa shape index (κ1) is 34.3. The monoisotopic (exact) mass is 615 g/mol. The van der Waals surface area contributed by atoms with Gasteiger partial charge in [-0.3, -0.25) is 9.79 Å². The molecule has 11 heteroatoms. The van der Waals surface area contributed by atoms with Crippen LogP contribution in [0.25, 0.3) is 0 Å². The number of nitrogens with two attached hydrogens (primary N) is 1. The number of esters is 1.